The number of thiophene rings is 1. The van der Waals surface area contributed by atoms with Crippen molar-refractivity contribution in [2.24, 2.45) is 0 Å². The highest BCUT2D eigenvalue weighted by molar-refractivity contribution is 7.19. The van der Waals surface area contributed by atoms with Gasteiger partial charge < -0.3 is 0 Å². The Hall–Kier alpha value is -3.74. The third kappa shape index (κ3) is 6.52. The number of hydrogen-bond acceptors (Lipinski definition) is 4. The first-order valence-corrected chi connectivity index (χ1v) is 17.1. The van der Waals surface area contributed by atoms with Crippen LogP contribution in [-0.4, -0.2) is 8.75 Å². The van der Waals surface area contributed by atoms with E-state index in [1.165, 1.54) is 36.2 Å². The van der Waals surface area contributed by atoms with Gasteiger partial charge in [-0.3, -0.25) is 0 Å². The van der Waals surface area contributed by atoms with E-state index in [0.717, 1.165) is 81.4 Å². The number of rotatable bonds is 12. The molecule has 44 heavy (non-hydrogen) atoms. The Morgan fingerprint density at radius 3 is 1.75 bits per heavy atom. The number of aryl methyl sites for hydroxylation is 2. The normalized spacial score (nSPS) is 11.5. The Balaban J connectivity index is 1.25. The lowest BCUT2D eigenvalue weighted by Gasteiger charge is -2.10. The SMILES string of the molecule is CCCCCc1ccc(-c2ccc(-c3ccc(-c4ccc(-c5ccc(CCCCC)cc5F)s4)c4nsnc34)c(F)c2)cc1. The summed E-state index contributed by atoms with van der Waals surface area (Å²) in [7, 11) is 0. The van der Waals surface area contributed by atoms with Gasteiger partial charge in [0, 0.05) is 32.0 Å². The molecule has 0 atom stereocenters. The summed E-state index contributed by atoms with van der Waals surface area (Å²) in [6, 6.07) is 27.3. The summed E-state index contributed by atoms with van der Waals surface area (Å²) in [4.78, 5) is 1.85. The Morgan fingerprint density at radius 1 is 0.523 bits per heavy atom. The fourth-order valence-corrected chi connectivity index (χ4v) is 7.39. The third-order valence-electron chi connectivity index (χ3n) is 8.27. The maximum Gasteiger partial charge on any atom is 0.132 e. The zero-order valence-electron chi connectivity index (χ0n) is 25.2. The maximum atomic E-state index is 15.6. The van der Waals surface area contributed by atoms with Crippen LogP contribution in [0.15, 0.2) is 84.9 Å². The molecule has 2 aromatic heterocycles. The third-order valence-corrected chi connectivity index (χ3v) is 9.95. The highest BCUT2D eigenvalue weighted by Gasteiger charge is 2.18. The smallest absolute Gasteiger partial charge is 0.132 e. The molecule has 2 heterocycles. The summed E-state index contributed by atoms with van der Waals surface area (Å²) < 4.78 is 39.9. The molecule has 6 heteroatoms. The Labute approximate surface area is 266 Å². The van der Waals surface area contributed by atoms with Gasteiger partial charge in [-0.15, -0.1) is 11.3 Å². The van der Waals surface area contributed by atoms with E-state index in [0.29, 0.717) is 22.2 Å². The van der Waals surface area contributed by atoms with E-state index >= 15 is 8.78 Å². The van der Waals surface area contributed by atoms with E-state index in [1.54, 1.807) is 12.1 Å². The maximum absolute atomic E-state index is 15.6. The fraction of sp³-hybridized carbons (Fsp3) is 0.263. The largest absolute Gasteiger partial charge is 0.206 e. The van der Waals surface area contributed by atoms with Crippen molar-refractivity contribution in [3.05, 3.63) is 108 Å². The lowest BCUT2D eigenvalue weighted by molar-refractivity contribution is 0.627. The van der Waals surface area contributed by atoms with E-state index in [1.807, 2.05) is 48.5 Å². The molecular formula is C38H36F2N2S2. The minimum Gasteiger partial charge on any atom is -0.206 e. The molecule has 0 aliphatic heterocycles. The molecule has 0 aliphatic carbocycles. The molecule has 4 aromatic carbocycles. The Kier molecular flexibility index (Phi) is 9.58. The lowest BCUT2D eigenvalue weighted by atomic mass is 9.96. The van der Waals surface area contributed by atoms with Crippen LogP contribution < -0.4 is 0 Å². The summed E-state index contributed by atoms with van der Waals surface area (Å²) in [5.41, 5.74) is 8.36. The molecule has 0 N–H and O–H groups in total. The van der Waals surface area contributed by atoms with E-state index in [-0.39, 0.29) is 11.6 Å². The summed E-state index contributed by atoms with van der Waals surface area (Å²) in [5, 5.41) is 0. The van der Waals surface area contributed by atoms with E-state index in [2.05, 4.69) is 46.9 Å². The monoisotopic (exact) mass is 622 g/mol. The van der Waals surface area contributed by atoms with Crippen molar-refractivity contribution >= 4 is 34.1 Å². The molecule has 6 aromatic rings. The van der Waals surface area contributed by atoms with Gasteiger partial charge >= 0.3 is 0 Å². The zero-order valence-corrected chi connectivity index (χ0v) is 26.8. The molecule has 0 radical (unpaired) electrons. The van der Waals surface area contributed by atoms with E-state index < -0.39 is 0 Å². The second-order valence-corrected chi connectivity index (χ2v) is 13.0. The number of nitrogens with zero attached hydrogens (tertiary/aromatic N) is 2. The minimum atomic E-state index is -0.288. The second-order valence-electron chi connectivity index (χ2n) is 11.4. The molecule has 2 nitrogen and oxygen atoms in total. The van der Waals surface area contributed by atoms with Crippen LogP contribution >= 0.6 is 23.1 Å². The highest BCUT2D eigenvalue weighted by Crippen LogP contribution is 2.41. The van der Waals surface area contributed by atoms with Gasteiger partial charge in [-0.2, -0.15) is 8.75 Å². The van der Waals surface area contributed by atoms with Crippen LogP contribution in [0.25, 0.3) is 54.2 Å². The van der Waals surface area contributed by atoms with Crippen LogP contribution in [0, 0.1) is 11.6 Å². The van der Waals surface area contributed by atoms with Crippen LogP contribution in [0.5, 0.6) is 0 Å². The van der Waals surface area contributed by atoms with Gasteiger partial charge in [0.2, 0.25) is 0 Å². The van der Waals surface area contributed by atoms with Crippen LogP contribution in [0.2, 0.25) is 0 Å². The summed E-state index contributed by atoms with van der Waals surface area (Å²) in [5.74, 6) is -0.478. The van der Waals surface area contributed by atoms with Gasteiger partial charge in [-0.25, -0.2) is 8.78 Å². The summed E-state index contributed by atoms with van der Waals surface area (Å²) in [6.07, 6.45) is 8.99. The lowest BCUT2D eigenvalue weighted by Crippen LogP contribution is -1.90. The first kappa shape index (κ1) is 30.3. The number of halogens is 2. The van der Waals surface area contributed by atoms with Gasteiger partial charge in [0.1, 0.15) is 22.7 Å². The molecule has 6 rings (SSSR count). The van der Waals surface area contributed by atoms with Crippen molar-refractivity contribution in [3.8, 4) is 43.1 Å². The molecule has 0 spiro atoms. The minimum absolute atomic E-state index is 0.190. The van der Waals surface area contributed by atoms with Crippen LogP contribution in [0.1, 0.15) is 63.5 Å². The van der Waals surface area contributed by atoms with Crippen molar-refractivity contribution in [3.63, 3.8) is 0 Å². The molecule has 0 aliphatic rings. The average Bonchev–Trinajstić information content (AvgIpc) is 3.73. The predicted molar refractivity (Wildman–Crippen MR) is 183 cm³/mol. The molecule has 0 saturated heterocycles. The van der Waals surface area contributed by atoms with E-state index in [9.17, 15) is 0 Å². The molecule has 0 unspecified atom stereocenters. The number of hydrogen-bond donors (Lipinski definition) is 0. The average molecular weight is 623 g/mol. The van der Waals surface area contributed by atoms with Gasteiger partial charge in [0.25, 0.3) is 0 Å². The van der Waals surface area contributed by atoms with Crippen LogP contribution in [-0.2, 0) is 12.8 Å². The second kappa shape index (κ2) is 13.9. The van der Waals surface area contributed by atoms with Crippen molar-refractivity contribution < 1.29 is 8.78 Å². The quantitative estimate of drug-likeness (QED) is 0.127. The molecule has 0 bridgehead atoms. The molecular weight excluding hydrogens is 587 g/mol. The van der Waals surface area contributed by atoms with E-state index in [4.69, 9.17) is 0 Å². The molecule has 0 fully saturated rings. The summed E-state index contributed by atoms with van der Waals surface area (Å²) in [6.45, 7) is 4.38. The van der Waals surface area contributed by atoms with Gasteiger partial charge in [0.15, 0.2) is 0 Å². The van der Waals surface area contributed by atoms with Crippen molar-refractivity contribution in [2.45, 2.75) is 65.2 Å². The Bertz CT molecular complexity index is 1870. The topological polar surface area (TPSA) is 25.8 Å². The standard InChI is InChI=1S/C38H36F2N2S2/c1-3-5-7-9-25-11-14-27(15-12-25)28-16-18-29(34(40)24-28)30-19-20-32(38-37(30)41-44-42-38)36-22-21-35(43-36)31-17-13-26(23-33(31)39)10-8-6-4-2/h11-24H,3-10H2,1-2H3. The van der Waals surface area contributed by atoms with Crippen molar-refractivity contribution in [2.75, 3.05) is 0 Å². The molecule has 0 saturated carbocycles. The first-order valence-electron chi connectivity index (χ1n) is 15.6. The van der Waals surface area contributed by atoms with Crippen LogP contribution in [0.3, 0.4) is 0 Å². The van der Waals surface area contributed by atoms with Crippen molar-refractivity contribution in [1.82, 2.24) is 8.75 Å². The van der Waals surface area contributed by atoms with Gasteiger partial charge in [-0.1, -0.05) is 100 Å². The number of fused-ring (bicyclic) bond motifs is 1. The summed E-state index contributed by atoms with van der Waals surface area (Å²) >= 11 is 2.65. The van der Waals surface area contributed by atoms with Crippen LogP contribution in [0.4, 0.5) is 8.78 Å². The molecule has 0 amide bonds. The zero-order chi connectivity index (χ0) is 30.5. The van der Waals surface area contributed by atoms with Gasteiger partial charge in [0.05, 0.1) is 11.7 Å². The first-order chi connectivity index (χ1) is 21.6. The highest BCUT2D eigenvalue weighted by atomic mass is 32.1. The Morgan fingerprint density at radius 2 is 1.07 bits per heavy atom. The number of unbranched alkanes of at least 4 members (excludes halogenated alkanes) is 4. The van der Waals surface area contributed by atoms with Crippen molar-refractivity contribution in [1.29, 1.82) is 0 Å². The fourth-order valence-electron chi connectivity index (χ4n) is 5.76. The number of benzene rings is 4. The molecule has 224 valence electrons. The predicted octanol–water partition coefficient (Wildman–Crippen LogP) is 12.2. The van der Waals surface area contributed by atoms with Gasteiger partial charge in [-0.05, 0) is 72.2 Å². The number of aromatic nitrogens is 2.